The van der Waals surface area contributed by atoms with Crippen molar-refractivity contribution in [2.24, 2.45) is 11.1 Å². The van der Waals surface area contributed by atoms with Crippen LogP contribution in [-0.4, -0.2) is 49.2 Å². The minimum Gasteiger partial charge on any atom is -0.411 e. The van der Waals surface area contributed by atoms with Gasteiger partial charge in [0.2, 0.25) is 0 Å². The quantitative estimate of drug-likeness (QED) is 0.287. The highest BCUT2D eigenvalue weighted by molar-refractivity contribution is 5.59. The third kappa shape index (κ3) is 8.22. The maximum atomic E-state index is 8.51. The molecule has 1 N–H and O–H groups in total. The molecule has 0 unspecified atom stereocenters. The van der Waals surface area contributed by atoms with Gasteiger partial charge < -0.3 is 14.8 Å². The molecule has 0 amide bonds. The number of ether oxygens (including phenoxy) is 1. The lowest BCUT2D eigenvalue weighted by atomic mass is 9.98. The molecule has 0 aromatic carbocycles. The lowest BCUT2D eigenvalue weighted by molar-refractivity contribution is 0.130. The van der Waals surface area contributed by atoms with Crippen LogP contribution in [-0.2, 0) is 4.74 Å². The van der Waals surface area contributed by atoms with E-state index in [1.54, 1.807) is 6.21 Å². The summed E-state index contributed by atoms with van der Waals surface area (Å²) in [6.07, 6.45) is 10.2. The molecular formula is C15H30N2O2. The van der Waals surface area contributed by atoms with Crippen molar-refractivity contribution in [1.29, 1.82) is 0 Å². The van der Waals surface area contributed by atoms with Gasteiger partial charge in [0.15, 0.2) is 0 Å². The van der Waals surface area contributed by atoms with Crippen LogP contribution in [0.4, 0.5) is 0 Å². The minimum atomic E-state index is 0.483. The Bertz CT molecular complexity index is 226. The van der Waals surface area contributed by atoms with Crippen LogP contribution < -0.4 is 0 Å². The minimum absolute atomic E-state index is 0.483. The number of nitrogens with zero attached hydrogens (tertiary/aromatic N) is 2. The van der Waals surface area contributed by atoms with E-state index in [0.29, 0.717) is 5.92 Å². The summed E-state index contributed by atoms with van der Waals surface area (Å²) >= 11 is 0. The van der Waals surface area contributed by atoms with Crippen LogP contribution in [0.15, 0.2) is 5.16 Å². The second kappa shape index (κ2) is 11.2. The van der Waals surface area contributed by atoms with Crippen molar-refractivity contribution in [2.45, 2.75) is 51.9 Å². The van der Waals surface area contributed by atoms with E-state index in [1.165, 1.54) is 32.2 Å². The van der Waals surface area contributed by atoms with Gasteiger partial charge in [-0.3, -0.25) is 0 Å². The number of rotatable bonds is 10. The van der Waals surface area contributed by atoms with Gasteiger partial charge in [-0.15, -0.1) is 5.16 Å². The monoisotopic (exact) mass is 270 g/mol. The lowest BCUT2D eigenvalue weighted by Crippen LogP contribution is -2.34. The maximum absolute atomic E-state index is 8.51. The molecule has 1 fully saturated rings. The van der Waals surface area contributed by atoms with E-state index in [1.807, 2.05) is 0 Å². The van der Waals surface area contributed by atoms with Crippen LogP contribution in [0.1, 0.15) is 51.9 Å². The largest absolute Gasteiger partial charge is 0.411 e. The van der Waals surface area contributed by atoms with Crippen LogP contribution in [0.2, 0.25) is 0 Å². The summed E-state index contributed by atoms with van der Waals surface area (Å²) in [5, 5.41) is 11.7. The predicted octanol–water partition coefficient (Wildman–Crippen LogP) is 3.15. The molecule has 0 atom stereocenters. The van der Waals surface area contributed by atoms with Crippen LogP contribution >= 0.6 is 0 Å². The molecule has 1 heterocycles. The second-order valence-electron chi connectivity index (χ2n) is 5.47. The summed E-state index contributed by atoms with van der Waals surface area (Å²) in [5.41, 5.74) is 0. The molecule has 112 valence electrons. The topological polar surface area (TPSA) is 45.1 Å². The van der Waals surface area contributed by atoms with Crippen LogP contribution in [0.3, 0.4) is 0 Å². The van der Waals surface area contributed by atoms with Gasteiger partial charge in [0.05, 0.1) is 0 Å². The van der Waals surface area contributed by atoms with Gasteiger partial charge >= 0.3 is 0 Å². The van der Waals surface area contributed by atoms with E-state index in [2.05, 4.69) is 17.0 Å². The summed E-state index contributed by atoms with van der Waals surface area (Å²) in [4.78, 5) is 2.54. The lowest BCUT2D eigenvalue weighted by Gasteiger charge is -2.29. The first-order valence-electron chi connectivity index (χ1n) is 7.84. The van der Waals surface area contributed by atoms with E-state index in [4.69, 9.17) is 9.94 Å². The zero-order chi connectivity index (χ0) is 13.8. The molecule has 1 aliphatic heterocycles. The van der Waals surface area contributed by atoms with Gasteiger partial charge in [-0.1, -0.05) is 19.8 Å². The summed E-state index contributed by atoms with van der Waals surface area (Å²) in [6, 6.07) is 0. The van der Waals surface area contributed by atoms with Gasteiger partial charge in [0.25, 0.3) is 0 Å². The average Bonchev–Trinajstić information content (AvgIpc) is 2.44. The number of unbranched alkanes of at least 4 members (excludes halogenated alkanes) is 3. The van der Waals surface area contributed by atoms with E-state index >= 15 is 0 Å². The van der Waals surface area contributed by atoms with Crippen molar-refractivity contribution in [3.05, 3.63) is 0 Å². The number of likely N-dealkylation sites (tertiary alicyclic amines) is 1. The number of oxime groups is 1. The van der Waals surface area contributed by atoms with Crippen molar-refractivity contribution in [3.63, 3.8) is 0 Å². The SMILES string of the molecule is CCCOCCCCCCN1CCC(C=NO)CC1. The van der Waals surface area contributed by atoms with Gasteiger partial charge in [0, 0.05) is 19.4 Å². The normalized spacial score (nSPS) is 18.4. The fourth-order valence-electron chi connectivity index (χ4n) is 2.56. The summed E-state index contributed by atoms with van der Waals surface area (Å²) in [7, 11) is 0. The van der Waals surface area contributed by atoms with E-state index in [-0.39, 0.29) is 0 Å². The van der Waals surface area contributed by atoms with E-state index in [9.17, 15) is 0 Å². The third-order valence-corrected chi connectivity index (χ3v) is 3.77. The highest BCUT2D eigenvalue weighted by Gasteiger charge is 2.17. The highest BCUT2D eigenvalue weighted by atomic mass is 16.5. The molecule has 4 nitrogen and oxygen atoms in total. The maximum Gasteiger partial charge on any atom is 0.0467 e. The molecule has 0 radical (unpaired) electrons. The summed E-state index contributed by atoms with van der Waals surface area (Å²) in [6.45, 7) is 7.51. The molecule has 0 aromatic heterocycles. The van der Waals surface area contributed by atoms with Crippen molar-refractivity contribution in [3.8, 4) is 0 Å². The fraction of sp³-hybridized carbons (Fsp3) is 0.933. The molecule has 1 saturated heterocycles. The smallest absolute Gasteiger partial charge is 0.0467 e. The Morgan fingerprint density at radius 1 is 1.16 bits per heavy atom. The summed E-state index contributed by atoms with van der Waals surface area (Å²) < 4.78 is 5.47. The Labute approximate surface area is 117 Å². The van der Waals surface area contributed by atoms with E-state index < -0.39 is 0 Å². The molecule has 4 heteroatoms. The molecule has 19 heavy (non-hydrogen) atoms. The first kappa shape index (κ1) is 16.4. The average molecular weight is 270 g/mol. The highest BCUT2D eigenvalue weighted by Crippen LogP contribution is 2.16. The Hall–Kier alpha value is -0.610. The molecular weight excluding hydrogens is 240 g/mol. The molecule has 0 saturated carbocycles. The molecule has 0 bridgehead atoms. The van der Waals surface area contributed by atoms with Crippen molar-refractivity contribution < 1.29 is 9.94 Å². The number of hydrogen-bond donors (Lipinski definition) is 1. The standard InChI is InChI=1S/C15H30N2O2/c1-2-12-19-13-6-4-3-5-9-17-10-7-15(8-11-17)14-16-18/h14-15,18H,2-13H2,1H3. The van der Waals surface area contributed by atoms with Gasteiger partial charge in [0.1, 0.15) is 0 Å². The second-order valence-corrected chi connectivity index (χ2v) is 5.47. The number of hydrogen-bond acceptors (Lipinski definition) is 4. The van der Waals surface area contributed by atoms with Gasteiger partial charge in [-0.25, -0.2) is 0 Å². The zero-order valence-electron chi connectivity index (χ0n) is 12.4. The first-order valence-corrected chi connectivity index (χ1v) is 7.84. The molecule has 0 aliphatic carbocycles. The zero-order valence-corrected chi connectivity index (χ0v) is 12.4. The Morgan fingerprint density at radius 2 is 1.89 bits per heavy atom. The third-order valence-electron chi connectivity index (χ3n) is 3.77. The summed E-state index contributed by atoms with van der Waals surface area (Å²) in [5.74, 6) is 0.483. The fourth-order valence-corrected chi connectivity index (χ4v) is 2.56. The van der Waals surface area contributed by atoms with Crippen molar-refractivity contribution in [1.82, 2.24) is 4.90 Å². The van der Waals surface area contributed by atoms with Crippen molar-refractivity contribution in [2.75, 3.05) is 32.8 Å². The Morgan fingerprint density at radius 3 is 2.58 bits per heavy atom. The van der Waals surface area contributed by atoms with Crippen LogP contribution in [0, 0.1) is 5.92 Å². The molecule has 0 aromatic rings. The Kier molecular flexibility index (Phi) is 9.72. The molecule has 0 spiro atoms. The van der Waals surface area contributed by atoms with Gasteiger partial charge in [-0.2, -0.15) is 0 Å². The predicted molar refractivity (Wildman–Crippen MR) is 79.0 cm³/mol. The number of piperidine rings is 1. The Balaban J connectivity index is 1.88. The molecule has 1 aliphatic rings. The van der Waals surface area contributed by atoms with Crippen LogP contribution in [0.25, 0.3) is 0 Å². The van der Waals surface area contributed by atoms with E-state index in [0.717, 1.165) is 45.6 Å². The van der Waals surface area contributed by atoms with Crippen molar-refractivity contribution >= 4 is 6.21 Å². The first-order chi connectivity index (χ1) is 9.36. The molecule has 1 rings (SSSR count). The van der Waals surface area contributed by atoms with Gasteiger partial charge in [-0.05, 0) is 57.7 Å². The van der Waals surface area contributed by atoms with Crippen LogP contribution in [0.5, 0.6) is 0 Å².